The lowest BCUT2D eigenvalue weighted by Crippen LogP contribution is -2.48. The molecular formula is C29H33F4N3O4. The topological polar surface area (TPSA) is 94.9 Å². The number of hydroxylamine groups is 1. The molecule has 1 atom stereocenters. The van der Waals surface area contributed by atoms with Gasteiger partial charge in [0.05, 0.1) is 24.1 Å². The Morgan fingerprint density at radius 3 is 2.50 bits per heavy atom. The zero-order valence-corrected chi connectivity index (χ0v) is 22.2. The predicted octanol–water partition coefficient (Wildman–Crippen LogP) is 5.16. The summed E-state index contributed by atoms with van der Waals surface area (Å²) in [5.41, 5.74) is 1.86. The highest BCUT2D eigenvalue weighted by Gasteiger charge is 2.41. The summed E-state index contributed by atoms with van der Waals surface area (Å²) >= 11 is 0. The van der Waals surface area contributed by atoms with Crippen molar-refractivity contribution >= 4 is 16.8 Å². The molecule has 1 saturated heterocycles. The van der Waals surface area contributed by atoms with Crippen LogP contribution in [-0.2, 0) is 17.9 Å². The van der Waals surface area contributed by atoms with Gasteiger partial charge in [-0.05, 0) is 81.9 Å². The molecule has 1 aromatic heterocycles. The molecule has 4 rings (SSSR count). The van der Waals surface area contributed by atoms with E-state index in [4.69, 9.17) is 4.74 Å². The molecule has 7 nitrogen and oxygen atoms in total. The van der Waals surface area contributed by atoms with Crippen LogP contribution in [0, 0.1) is 22.9 Å². The molecule has 0 saturated carbocycles. The number of aliphatic hydroxyl groups excluding tert-OH is 1. The van der Waals surface area contributed by atoms with E-state index in [1.165, 1.54) is 13.3 Å². The van der Waals surface area contributed by atoms with E-state index in [1.54, 1.807) is 23.7 Å². The summed E-state index contributed by atoms with van der Waals surface area (Å²) in [7, 11) is 1.51. The van der Waals surface area contributed by atoms with E-state index >= 15 is 0 Å². The fraction of sp³-hybridized carbons (Fsp3) is 0.448. The Balaban J connectivity index is 1.42. The first-order chi connectivity index (χ1) is 19.2. The van der Waals surface area contributed by atoms with Crippen LogP contribution in [0.3, 0.4) is 0 Å². The second kappa shape index (κ2) is 12.9. The fourth-order valence-electron chi connectivity index (χ4n) is 5.62. The highest BCUT2D eigenvalue weighted by atomic mass is 19.1. The van der Waals surface area contributed by atoms with Crippen molar-refractivity contribution in [1.82, 2.24) is 15.4 Å². The average Bonchev–Trinajstić information content (AvgIpc) is 2.96. The smallest absolute Gasteiger partial charge is 0.249 e. The van der Waals surface area contributed by atoms with Crippen LogP contribution < -0.4 is 10.2 Å². The van der Waals surface area contributed by atoms with Gasteiger partial charge in [0, 0.05) is 34.8 Å². The monoisotopic (exact) mass is 563 g/mol. The van der Waals surface area contributed by atoms with Crippen molar-refractivity contribution in [2.75, 3.05) is 26.7 Å². The Labute approximate surface area is 229 Å². The van der Waals surface area contributed by atoms with Gasteiger partial charge in [-0.2, -0.15) is 0 Å². The number of piperidine rings is 1. The molecule has 0 radical (unpaired) electrons. The van der Waals surface area contributed by atoms with Gasteiger partial charge in [0.15, 0.2) is 0 Å². The maximum absolute atomic E-state index is 13.9. The molecule has 40 heavy (non-hydrogen) atoms. The number of nitrogens with one attached hydrogen (secondary N) is 1. The lowest BCUT2D eigenvalue weighted by Gasteiger charge is -2.40. The Bertz CT molecular complexity index is 1320. The maximum atomic E-state index is 13.9. The zero-order valence-electron chi connectivity index (χ0n) is 22.2. The van der Waals surface area contributed by atoms with Crippen LogP contribution in [0.25, 0.3) is 10.9 Å². The number of carbonyl (C=O) groups excluding carboxylic acids is 1. The molecule has 1 aliphatic rings. The van der Waals surface area contributed by atoms with Crippen molar-refractivity contribution in [2.45, 2.75) is 51.3 Å². The first-order valence-electron chi connectivity index (χ1n) is 13.2. The second-order valence-electron chi connectivity index (χ2n) is 10.3. The van der Waals surface area contributed by atoms with Crippen molar-refractivity contribution in [1.29, 1.82) is 0 Å². The van der Waals surface area contributed by atoms with Gasteiger partial charge in [-0.15, -0.1) is 0 Å². The van der Waals surface area contributed by atoms with Gasteiger partial charge in [0.25, 0.3) is 0 Å². The molecule has 2 heterocycles. The molecule has 3 aromatic rings. The number of fused-ring (bicyclic) bond motifs is 1. The van der Waals surface area contributed by atoms with Gasteiger partial charge in [0.2, 0.25) is 5.91 Å². The normalized spacial score (nSPS) is 16.2. The summed E-state index contributed by atoms with van der Waals surface area (Å²) < 4.78 is 60.2. The van der Waals surface area contributed by atoms with Gasteiger partial charge in [-0.3, -0.25) is 15.0 Å². The van der Waals surface area contributed by atoms with Gasteiger partial charge in [0.1, 0.15) is 29.9 Å². The summed E-state index contributed by atoms with van der Waals surface area (Å²) in [6.07, 6.45) is 1.97. The molecule has 2 aromatic carbocycles. The molecular weight excluding hydrogens is 530 g/mol. The lowest BCUT2D eigenvalue weighted by molar-refractivity contribution is -0.143. The minimum Gasteiger partial charge on any atom is -0.497 e. The molecule has 0 aliphatic carbocycles. The lowest BCUT2D eigenvalue weighted by atomic mass is 9.73. The number of amides is 1. The summed E-state index contributed by atoms with van der Waals surface area (Å²) in [4.78, 5) is 19.1. The highest BCUT2D eigenvalue weighted by molar-refractivity contribution is 5.85. The van der Waals surface area contributed by atoms with Gasteiger partial charge < -0.3 is 14.7 Å². The number of pyridine rings is 1. The largest absolute Gasteiger partial charge is 0.497 e. The van der Waals surface area contributed by atoms with Crippen molar-refractivity contribution in [3.05, 3.63) is 70.7 Å². The van der Waals surface area contributed by atoms with Crippen LogP contribution in [0.1, 0.15) is 54.9 Å². The van der Waals surface area contributed by atoms with Crippen molar-refractivity contribution in [3.8, 4) is 5.75 Å². The molecule has 0 spiro atoms. The molecule has 11 heteroatoms. The number of hydrogen-bond acceptors (Lipinski definition) is 6. The number of halogens is 4. The predicted molar refractivity (Wildman–Crippen MR) is 140 cm³/mol. The van der Waals surface area contributed by atoms with Crippen LogP contribution >= 0.6 is 0 Å². The van der Waals surface area contributed by atoms with E-state index < -0.39 is 41.6 Å². The van der Waals surface area contributed by atoms with Crippen molar-refractivity contribution in [3.63, 3.8) is 0 Å². The summed E-state index contributed by atoms with van der Waals surface area (Å²) in [5.74, 6) is -2.81. The Morgan fingerprint density at radius 1 is 1.18 bits per heavy atom. The quantitative estimate of drug-likeness (QED) is 0.169. The summed E-state index contributed by atoms with van der Waals surface area (Å²) in [6.45, 7) is 0.669. The number of carbonyl (C=O) groups is 1. The third-order valence-electron chi connectivity index (χ3n) is 7.98. The van der Waals surface area contributed by atoms with Crippen molar-refractivity contribution < 1.29 is 37.4 Å². The number of alkyl halides is 1. The average molecular weight is 564 g/mol. The first kappa shape index (κ1) is 29.7. The van der Waals surface area contributed by atoms with Crippen LogP contribution in [0.2, 0.25) is 0 Å². The number of aliphatic hydroxyl groups is 1. The van der Waals surface area contributed by atoms with Crippen LogP contribution in [0.15, 0.2) is 36.5 Å². The van der Waals surface area contributed by atoms with Gasteiger partial charge in [-0.25, -0.2) is 23.0 Å². The van der Waals surface area contributed by atoms with Gasteiger partial charge >= 0.3 is 0 Å². The number of benzene rings is 2. The number of nitrogens with zero attached hydrogens (tertiary/aromatic N) is 2. The van der Waals surface area contributed by atoms with Crippen LogP contribution in [0.5, 0.6) is 5.75 Å². The number of likely N-dealkylation sites (tertiary alicyclic amines) is 1. The standard InChI is InChI=1S/C29H33F4N3O4/c1-40-20-4-5-25-22(15-20)27(18(16-30)17-34-25)26(37)6-7-29(28(38)35-39)8-11-36(12-9-29)10-2-3-21-23(32)13-19(31)14-24(21)33/h4-5,13-15,17,26,37,39H,2-3,6-12,16H2,1H3,(H,35,38). The third kappa shape index (κ3) is 6.37. The molecule has 1 unspecified atom stereocenters. The number of methoxy groups -OCH3 is 1. The molecule has 216 valence electrons. The minimum atomic E-state index is -1.09. The molecule has 3 N–H and O–H groups in total. The molecule has 1 fully saturated rings. The van der Waals surface area contributed by atoms with E-state index in [1.807, 2.05) is 0 Å². The van der Waals surface area contributed by atoms with Crippen LogP contribution in [-0.4, -0.2) is 52.8 Å². The molecule has 1 amide bonds. The second-order valence-corrected chi connectivity index (χ2v) is 10.3. The summed E-state index contributed by atoms with van der Waals surface area (Å²) in [6, 6.07) is 6.47. The number of hydrogen-bond donors (Lipinski definition) is 3. The Morgan fingerprint density at radius 2 is 1.88 bits per heavy atom. The Hall–Kier alpha value is -3.28. The summed E-state index contributed by atoms with van der Waals surface area (Å²) in [5, 5.41) is 21.2. The van der Waals surface area contributed by atoms with E-state index in [-0.39, 0.29) is 30.4 Å². The highest BCUT2D eigenvalue weighted by Crippen LogP contribution is 2.40. The minimum absolute atomic E-state index is 0.102. The number of rotatable bonds is 11. The maximum Gasteiger partial charge on any atom is 0.249 e. The van der Waals surface area contributed by atoms with Crippen LogP contribution in [0.4, 0.5) is 17.6 Å². The zero-order chi connectivity index (χ0) is 28.9. The first-order valence-corrected chi connectivity index (χ1v) is 13.2. The van der Waals surface area contributed by atoms with E-state index in [0.717, 1.165) is 0 Å². The molecule has 1 aliphatic heterocycles. The van der Waals surface area contributed by atoms with Gasteiger partial charge in [-0.1, -0.05) is 0 Å². The number of aromatic nitrogens is 1. The number of ether oxygens (including phenoxy) is 1. The van der Waals surface area contributed by atoms with E-state index in [9.17, 15) is 32.7 Å². The fourth-order valence-corrected chi connectivity index (χ4v) is 5.62. The van der Waals surface area contributed by atoms with E-state index in [2.05, 4.69) is 9.88 Å². The molecule has 0 bridgehead atoms. The SMILES string of the molecule is COc1ccc2ncc(CF)c(C(O)CCC3(C(=O)NO)CCN(CCCc4c(F)cc(F)cc4F)CC3)c2c1. The van der Waals surface area contributed by atoms with Crippen molar-refractivity contribution in [2.24, 2.45) is 5.41 Å². The van der Waals surface area contributed by atoms with E-state index in [0.29, 0.717) is 73.2 Å². The third-order valence-corrected chi connectivity index (χ3v) is 7.98. The Kier molecular flexibility index (Phi) is 9.60.